The van der Waals surface area contributed by atoms with E-state index in [0.717, 1.165) is 53.7 Å². The highest BCUT2D eigenvalue weighted by atomic mass is 32.2. The zero-order valence-electron chi connectivity index (χ0n) is 30.9. The number of aromatic amines is 1. The fourth-order valence-corrected chi connectivity index (χ4v) is 5.71. The average Bonchev–Trinajstić information content (AvgIpc) is 3.89. The smallest absolute Gasteiger partial charge is 0.475 e. The molecule has 1 aliphatic rings. The van der Waals surface area contributed by atoms with Crippen LogP contribution in [0.5, 0.6) is 0 Å². The highest BCUT2D eigenvalue weighted by Crippen LogP contribution is 2.36. The summed E-state index contributed by atoms with van der Waals surface area (Å²) in [6.45, 7) is 4.65. The van der Waals surface area contributed by atoms with E-state index in [-0.39, 0.29) is 12.5 Å². The fourth-order valence-electron chi connectivity index (χ4n) is 5.24. The molecule has 1 aliphatic heterocycles. The number of hydrogen-bond acceptors (Lipinski definition) is 10. The van der Waals surface area contributed by atoms with Crippen LogP contribution >= 0.6 is 11.8 Å². The number of rotatable bonds is 12. The van der Waals surface area contributed by atoms with Gasteiger partial charge in [-0.3, -0.25) is 14.6 Å². The van der Waals surface area contributed by atoms with Crippen molar-refractivity contribution in [2.75, 3.05) is 38.8 Å². The van der Waals surface area contributed by atoms with Crippen molar-refractivity contribution >= 4 is 52.3 Å². The first-order chi connectivity index (χ1) is 26.8. The van der Waals surface area contributed by atoms with Crippen molar-refractivity contribution in [3.63, 3.8) is 0 Å². The minimum absolute atomic E-state index is 0.107. The number of alkyl halides is 9. The molecule has 324 valence electrons. The number of carboxylic acids is 3. The molecular formula is C34H40F9N5O9S. The lowest BCUT2D eigenvalue weighted by atomic mass is 10.00. The highest BCUT2D eigenvalue weighted by molar-refractivity contribution is 7.98. The largest absolute Gasteiger partial charge is 0.490 e. The Hall–Kier alpha value is -5.10. The molecule has 58 heavy (non-hydrogen) atoms. The summed E-state index contributed by atoms with van der Waals surface area (Å²) in [6, 6.07) is 13.9. The number of imidazole rings is 1. The first kappa shape index (κ1) is 50.9. The Morgan fingerprint density at radius 2 is 1.38 bits per heavy atom. The van der Waals surface area contributed by atoms with Crippen molar-refractivity contribution in [2.24, 2.45) is 0 Å². The Morgan fingerprint density at radius 3 is 1.83 bits per heavy atom. The Bertz CT molecular complexity index is 1730. The summed E-state index contributed by atoms with van der Waals surface area (Å²) in [7, 11) is 1.36. The number of thioether (sulfide) groups is 1. The minimum atomic E-state index is -5.08. The molecule has 3 aromatic rings. The van der Waals surface area contributed by atoms with E-state index in [4.69, 9.17) is 34.4 Å². The molecule has 1 saturated heterocycles. The van der Waals surface area contributed by atoms with Gasteiger partial charge in [0.05, 0.1) is 25.7 Å². The van der Waals surface area contributed by atoms with Crippen molar-refractivity contribution in [2.45, 2.75) is 63.0 Å². The quantitative estimate of drug-likeness (QED) is 0.111. The molecule has 2 heterocycles. The molecule has 4 rings (SSSR count). The third-order valence-corrected chi connectivity index (χ3v) is 8.70. The van der Waals surface area contributed by atoms with Crippen LogP contribution < -0.4 is 5.32 Å². The topological polar surface area (TPSA) is 202 Å². The van der Waals surface area contributed by atoms with E-state index in [9.17, 15) is 49.1 Å². The van der Waals surface area contributed by atoms with Crippen LogP contribution in [-0.2, 0) is 40.9 Å². The standard InChI is InChI=1S/C28H37N5O3S.3C2HF3O2/c1-28(25-17-29-20-30-25,32-14-6-7-15-32)33(18-22-11-8-10-21-9-4-5-12-23(21)22)19-26(34)31-24(13-16-37-3)27(35)36-2;3*3-2(4,5)1(6)7/h4-5,8-12,17,20,24H,6-7,13-16,18-19H2,1-3H3,(H,29,30)(H,31,34);3*(H,6,7). The lowest BCUT2D eigenvalue weighted by Crippen LogP contribution is -2.58. The second-order valence-electron chi connectivity index (χ2n) is 12.0. The first-order valence-electron chi connectivity index (χ1n) is 16.5. The predicted octanol–water partition coefficient (Wildman–Crippen LogP) is 5.64. The number of H-pyrrole nitrogens is 1. The Labute approximate surface area is 328 Å². The molecule has 1 amide bonds. The van der Waals surface area contributed by atoms with Crippen LogP contribution in [0, 0.1) is 0 Å². The van der Waals surface area contributed by atoms with Crippen LogP contribution in [0.3, 0.4) is 0 Å². The average molecular weight is 866 g/mol. The van der Waals surface area contributed by atoms with Crippen molar-refractivity contribution in [1.29, 1.82) is 0 Å². The van der Waals surface area contributed by atoms with Gasteiger partial charge in [-0.1, -0.05) is 42.5 Å². The number of nitrogens with zero attached hydrogens (tertiary/aromatic N) is 3. The first-order valence-corrected chi connectivity index (χ1v) is 17.9. The summed E-state index contributed by atoms with van der Waals surface area (Å²) in [4.78, 5) is 65.0. The monoisotopic (exact) mass is 865 g/mol. The molecule has 2 atom stereocenters. The van der Waals surface area contributed by atoms with Gasteiger partial charge in [0.15, 0.2) is 0 Å². The summed E-state index contributed by atoms with van der Waals surface area (Å²) in [5, 5.41) is 26.6. The third-order valence-electron chi connectivity index (χ3n) is 8.06. The summed E-state index contributed by atoms with van der Waals surface area (Å²) >= 11 is 1.63. The number of aromatic nitrogens is 2. The van der Waals surface area contributed by atoms with Crippen molar-refractivity contribution < 1.29 is 83.5 Å². The predicted molar refractivity (Wildman–Crippen MR) is 189 cm³/mol. The molecule has 5 N–H and O–H groups in total. The van der Waals surface area contributed by atoms with Crippen molar-refractivity contribution in [3.05, 3.63) is 66.2 Å². The molecule has 0 aliphatic carbocycles. The fraction of sp³-hybridized carbons (Fsp3) is 0.471. The summed E-state index contributed by atoms with van der Waals surface area (Å²) < 4.78 is 100. The molecule has 14 nitrogen and oxygen atoms in total. The van der Waals surface area contributed by atoms with E-state index in [0.29, 0.717) is 13.0 Å². The van der Waals surface area contributed by atoms with Gasteiger partial charge >= 0.3 is 42.4 Å². The lowest BCUT2D eigenvalue weighted by Gasteiger charge is -2.46. The number of ether oxygens (including phenoxy) is 1. The second-order valence-corrected chi connectivity index (χ2v) is 13.0. The van der Waals surface area contributed by atoms with Gasteiger partial charge in [0, 0.05) is 25.8 Å². The van der Waals surface area contributed by atoms with Gasteiger partial charge in [-0.25, -0.2) is 24.2 Å². The highest BCUT2D eigenvalue weighted by Gasteiger charge is 2.44. The Morgan fingerprint density at radius 1 is 0.879 bits per heavy atom. The van der Waals surface area contributed by atoms with Crippen LogP contribution in [0.2, 0.25) is 0 Å². The number of methoxy groups -OCH3 is 1. The molecule has 0 radical (unpaired) electrons. The molecule has 1 aromatic heterocycles. The Kier molecular flexibility index (Phi) is 20.0. The lowest BCUT2D eigenvalue weighted by molar-refractivity contribution is -0.193. The van der Waals surface area contributed by atoms with Crippen molar-refractivity contribution in [1.82, 2.24) is 25.1 Å². The normalized spacial score (nSPS) is 14.6. The minimum Gasteiger partial charge on any atom is -0.475 e. The zero-order valence-corrected chi connectivity index (χ0v) is 31.7. The van der Waals surface area contributed by atoms with Gasteiger partial charge in [0.25, 0.3) is 0 Å². The number of fused-ring (bicyclic) bond motifs is 1. The van der Waals surface area contributed by atoms with E-state index in [2.05, 4.69) is 62.3 Å². The van der Waals surface area contributed by atoms with Crippen LogP contribution in [0.15, 0.2) is 55.0 Å². The zero-order chi connectivity index (χ0) is 44.5. The van der Waals surface area contributed by atoms with Crippen molar-refractivity contribution in [3.8, 4) is 0 Å². The van der Waals surface area contributed by atoms with E-state index in [1.807, 2.05) is 24.6 Å². The molecule has 2 unspecified atom stereocenters. The molecule has 2 aromatic carbocycles. The van der Waals surface area contributed by atoms with Crippen LogP contribution in [0.1, 0.15) is 37.4 Å². The number of carbonyl (C=O) groups is 5. The van der Waals surface area contributed by atoms with Gasteiger partial charge in [-0.15, -0.1) is 0 Å². The number of hydrogen-bond donors (Lipinski definition) is 5. The molecular weight excluding hydrogens is 825 g/mol. The SMILES string of the molecule is COC(=O)C(CCSC)NC(=O)CN(Cc1cccc2ccccc12)C(C)(c1c[nH]cn1)N1CCCC1.O=C(O)C(F)(F)F.O=C(O)C(F)(F)F.O=C(O)C(F)(F)F. The molecule has 0 bridgehead atoms. The van der Waals surface area contributed by atoms with Gasteiger partial charge < -0.3 is 30.4 Å². The maximum atomic E-state index is 13.5. The van der Waals surface area contributed by atoms with Crippen LogP contribution in [-0.4, -0.2) is 128 Å². The molecule has 1 fully saturated rings. The summed E-state index contributed by atoms with van der Waals surface area (Å²) in [5.74, 6) is -8.15. The van der Waals surface area contributed by atoms with Gasteiger partial charge in [0.1, 0.15) is 11.7 Å². The summed E-state index contributed by atoms with van der Waals surface area (Å²) in [6.07, 6.45) is -6.93. The van der Waals surface area contributed by atoms with Gasteiger partial charge in [-0.05, 0) is 54.5 Å². The van der Waals surface area contributed by atoms with Gasteiger partial charge in [0.2, 0.25) is 5.91 Å². The third kappa shape index (κ3) is 16.4. The van der Waals surface area contributed by atoms with Crippen LogP contribution in [0.25, 0.3) is 10.8 Å². The Balaban J connectivity index is 0.000000655. The number of carboxylic acid groups (broad SMARTS) is 3. The maximum Gasteiger partial charge on any atom is 0.490 e. The number of likely N-dealkylation sites (tertiary alicyclic amines) is 1. The van der Waals surface area contributed by atoms with Crippen LogP contribution in [0.4, 0.5) is 39.5 Å². The molecule has 0 saturated carbocycles. The number of carbonyl (C=O) groups excluding carboxylic acids is 2. The van der Waals surface area contributed by atoms with E-state index < -0.39 is 54.1 Å². The number of nitrogens with one attached hydrogen (secondary N) is 2. The maximum absolute atomic E-state index is 13.5. The van der Waals surface area contributed by atoms with Gasteiger partial charge in [-0.2, -0.15) is 51.3 Å². The van der Waals surface area contributed by atoms with E-state index in [1.54, 1.807) is 18.1 Å². The molecule has 24 heteroatoms. The number of benzene rings is 2. The van der Waals surface area contributed by atoms with E-state index >= 15 is 0 Å². The summed E-state index contributed by atoms with van der Waals surface area (Å²) in [5.41, 5.74) is 1.39. The van der Waals surface area contributed by atoms with E-state index in [1.165, 1.54) is 7.11 Å². The molecule has 0 spiro atoms. The number of amides is 1. The number of halogens is 9. The second kappa shape index (κ2) is 22.7. The number of esters is 1. The number of aliphatic carboxylic acids is 3.